The first-order chi connectivity index (χ1) is 17.1. The molecule has 180 valence electrons. The van der Waals surface area contributed by atoms with Crippen LogP contribution in [0, 0.1) is 0 Å². The number of thioether (sulfide) groups is 1. The lowest BCUT2D eigenvalue weighted by molar-refractivity contribution is -0.114. The van der Waals surface area contributed by atoms with E-state index in [1.165, 1.54) is 24.4 Å². The molecule has 10 nitrogen and oxygen atoms in total. The molecule has 0 spiro atoms. The van der Waals surface area contributed by atoms with Gasteiger partial charge in [-0.25, -0.2) is 0 Å². The van der Waals surface area contributed by atoms with Gasteiger partial charge in [0.25, 0.3) is 0 Å². The van der Waals surface area contributed by atoms with Crippen LogP contribution in [0.1, 0.15) is 6.92 Å². The SMILES string of the molecule is CSc1n[nH]c2nc(Nc3ccc(N4CCOCC4)cc3)nc(Nc3ccc(NC(C)=O)cc3)c12. The minimum absolute atomic E-state index is 0.111. The number of H-pyrrole nitrogens is 1. The first kappa shape index (κ1) is 22.9. The van der Waals surface area contributed by atoms with Gasteiger partial charge in [-0.3, -0.25) is 9.89 Å². The van der Waals surface area contributed by atoms with Gasteiger partial charge in [-0.15, -0.1) is 11.8 Å². The fourth-order valence-corrected chi connectivity index (χ4v) is 4.42. The number of morpholine rings is 1. The number of fused-ring (bicyclic) bond motifs is 1. The van der Waals surface area contributed by atoms with Crippen molar-refractivity contribution >= 4 is 63.2 Å². The maximum Gasteiger partial charge on any atom is 0.231 e. The Morgan fingerprint density at radius 2 is 1.63 bits per heavy atom. The van der Waals surface area contributed by atoms with Gasteiger partial charge in [0.2, 0.25) is 11.9 Å². The molecule has 0 bridgehead atoms. The monoisotopic (exact) mass is 490 g/mol. The third-order valence-electron chi connectivity index (χ3n) is 5.55. The van der Waals surface area contributed by atoms with Gasteiger partial charge in [0.1, 0.15) is 10.8 Å². The van der Waals surface area contributed by atoms with E-state index < -0.39 is 0 Å². The molecule has 1 saturated heterocycles. The van der Waals surface area contributed by atoms with E-state index >= 15 is 0 Å². The number of hydrogen-bond acceptors (Lipinski definition) is 9. The van der Waals surface area contributed by atoms with E-state index in [9.17, 15) is 4.79 Å². The maximum atomic E-state index is 11.3. The summed E-state index contributed by atoms with van der Waals surface area (Å²) < 4.78 is 5.44. The molecule has 1 aliphatic rings. The van der Waals surface area contributed by atoms with Gasteiger partial charge in [0.05, 0.1) is 18.6 Å². The lowest BCUT2D eigenvalue weighted by atomic mass is 10.2. The molecule has 0 aliphatic carbocycles. The Balaban J connectivity index is 1.40. The number of anilines is 6. The molecule has 1 amide bonds. The van der Waals surface area contributed by atoms with Gasteiger partial charge in [-0.1, -0.05) is 0 Å². The molecule has 0 unspecified atom stereocenters. The topological polar surface area (TPSA) is 120 Å². The zero-order chi connectivity index (χ0) is 24.2. The molecule has 2 aromatic carbocycles. The van der Waals surface area contributed by atoms with Crippen LogP contribution in [0.2, 0.25) is 0 Å². The lowest BCUT2D eigenvalue weighted by Crippen LogP contribution is -2.36. The fraction of sp³-hybridized carbons (Fsp3) is 0.250. The van der Waals surface area contributed by atoms with E-state index in [1.807, 2.05) is 42.7 Å². The highest BCUT2D eigenvalue weighted by atomic mass is 32.2. The van der Waals surface area contributed by atoms with Gasteiger partial charge in [0, 0.05) is 42.8 Å². The summed E-state index contributed by atoms with van der Waals surface area (Å²) in [5, 5.41) is 18.5. The van der Waals surface area contributed by atoms with Crippen LogP contribution in [0.15, 0.2) is 53.6 Å². The number of carbonyl (C=O) groups excluding carboxylic acids is 1. The largest absolute Gasteiger partial charge is 0.378 e. The van der Waals surface area contributed by atoms with Crippen LogP contribution >= 0.6 is 11.8 Å². The number of benzene rings is 2. The molecular formula is C24H26N8O2S. The highest BCUT2D eigenvalue weighted by Gasteiger charge is 2.16. The third-order valence-corrected chi connectivity index (χ3v) is 6.23. The highest BCUT2D eigenvalue weighted by Crippen LogP contribution is 2.32. The van der Waals surface area contributed by atoms with Crippen molar-refractivity contribution in [1.82, 2.24) is 20.2 Å². The molecular weight excluding hydrogens is 464 g/mol. The Morgan fingerprint density at radius 3 is 2.31 bits per heavy atom. The van der Waals surface area contributed by atoms with E-state index in [-0.39, 0.29) is 5.91 Å². The minimum atomic E-state index is -0.111. The van der Waals surface area contributed by atoms with Crippen molar-refractivity contribution in [3.63, 3.8) is 0 Å². The summed E-state index contributed by atoms with van der Waals surface area (Å²) in [5.41, 5.74) is 4.24. The fourth-order valence-electron chi connectivity index (χ4n) is 3.88. The Hall–Kier alpha value is -3.83. The second kappa shape index (κ2) is 10.2. The predicted octanol–water partition coefficient (Wildman–Crippen LogP) is 4.36. The van der Waals surface area contributed by atoms with Crippen LogP contribution in [-0.2, 0) is 9.53 Å². The summed E-state index contributed by atoms with van der Waals surface area (Å²) in [6, 6.07) is 15.7. The predicted molar refractivity (Wildman–Crippen MR) is 140 cm³/mol. The molecule has 0 atom stereocenters. The van der Waals surface area contributed by atoms with Crippen LogP contribution in [0.25, 0.3) is 11.0 Å². The molecule has 3 heterocycles. The highest BCUT2D eigenvalue weighted by molar-refractivity contribution is 7.98. The number of amides is 1. The first-order valence-corrected chi connectivity index (χ1v) is 12.5. The van der Waals surface area contributed by atoms with Gasteiger partial charge >= 0.3 is 0 Å². The van der Waals surface area contributed by atoms with Crippen LogP contribution in [0.3, 0.4) is 0 Å². The maximum absolute atomic E-state index is 11.3. The molecule has 1 aliphatic heterocycles. The lowest BCUT2D eigenvalue weighted by Gasteiger charge is -2.28. The number of aromatic nitrogens is 4. The molecule has 11 heteroatoms. The summed E-state index contributed by atoms with van der Waals surface area (Å²) in [5.74, 6) is 0.970. The van der Waals surface area contributed by atoms with Crippen molar-refractivity contribution in [1.29, 1.82) is 0 Å². The molecule has 4 aromatic rings. The van der Waals surface area contributed by atoms with Crippen molar-refractivity contribution in [2.24, 2.45) is 0 Å². The molecule has 0 radical (unpaired) electrons. The number of nitrogens with zero attached hydrogens (tertiary/aromatic N) is 4. The van der Waals surface area contributed by atoms with Crippen molar-refractivity contribution in [3.05, 3.63) is 48.5 Å². The van der Waals surface area contributed by atoms with Crippen molar-refractivity contribution in [3.8, 4) is 0 Å². The van der Waals surface area contributed by atoms with Crippen LogP contribution < -0.4 is 20.9 Å². The quantitative estimate of drug-likeness (QED) is 0.280. The Kier molecular flexibility index (Phi) is 6.68. The average molecular weight is 491 g/mol. The van der Waals surface area contributed by atoms with E-state index in [1.54, 1.807) is 0 Å². The standard InChI is InChI=1S/C24H26N8O2S/c1-15(33)25-16-3-5-17(6-4-16)26-21-20-22(30-31-23(20)35-2)29-24(28-21)27-18-7-9-19(10-8-18)32-11-13-34-14-12-32/h3-10H,11-14H2,1-2H3,(H,25,33)(H3,26,27,28,29,30,31). The number of hydrogen-bond donors (Lipinski definition) is 4. The van der Waals surface area contributed by atoms with Crippen LogP contribution in [0.5, 0.6) is 0 Å². The molecule has 0 saturated carbocycles. The normalized spacial score (nSPS) is 13.6. The van der Waals surface area contributed by atoms with Crippen molar-refractivity contribution < 1.29 is 9.53 Å². The van der Waals surface area contributed by atoms with Gasteiger partial charge in [0.15, 0.2) is 5.65 Å². The molecule has 5 rings (SSSR count). The molecule has 1 fully saturated rings. The number of nitrogens with one attached hydrogen (secondary N) is 4. The summed E-state index contributed by atoms with van der Waals surface area (Å²) in [7, 11) is 0. The second-order valence-corrected chi connectivity index (χ2v) is 8.80. The van der Waals surface area contributed by atoms with E-state index in [2.05, 4.69) is 48.2 Å². The summed E-state index contributed by atoms with van der Waals surface area (Å²) in [4.78, 5) is 23.0. The van der Waals surface area contributed by atoms with Crippen molar-refractivity contribution in [2.45, 2.75) is 11.9 Å². The van der Waals surface area contributed by atoms with Gasteiger partial charge in [-0.05, 0) is 54.8 Å². The average Bonchev–Trinajstić information content (AvgIpc) is 3.29. The van der Waals surface area contributed by atoms with E-state index in [0.29, 0.717) is 17.4 Å². The Labute approximate surface area is 206 Å². The zero-order valence-corrected chi connectivity index (χ0v) is 20.3. The number of ether oxygens (including phenoxy) is 1. The van der Waals surface area contributed by atoms with Crippen LogP contribution in [-0.4, -0.2) is 58.6 Å². The van der Waals surface area contributed by atoms with E-state index in [0.717, 1.165) is 53.8 Å². The van der Waals surface area contributed by atoms with Gasteiger partial charge in [-0.2, -0.15) is 15.1 Å². The number of rotatable bonds is 7. The Morgan fingerprint density at radius 1 is 0.971 bits per heavy atom. The summed E-state index contributed by atoms with van der Waals surface area (Å²) in [6.07, 6.45) is 1.96. The van der Waals surface area contributed by atoms with Crippen LogP contribution in [0.4, 0.5) is 34.5 Å². The molecule has 4 N–H and O–H groups in total. The number of aromatic amines is 1. The summed E-state index contributed by atoms with van der Waals surface area (Å²) >= 11 is 1.52. The number of carbonyl (C=O) groups is 1. The second-order valence-electron chi connectivity index (χ2n) is 8.01. The molecule has 35 heavy (non-hydrogen) atoms. The Bertz CT molecular complexity index is 1320. The van der Waals surface area contributed by atoms with Crippen molar-refractivity contribution in [2.75, 3.05) is 53.4 Å². The zero-order valence-electron chi connectivity index (χ0n) is 19.5. The smallest absolute Gasteiger partial charge is 0.231 e. The van der Waals surface area contributed by atoms with Gasteiger partial charge < -0.3 is 25.6 Å². The molecule has 2 aromatic heterocycles. The van der Waals surface area contributed by atoms with E-state index in [4.69, 9.17) is 9.72 Å². The summed E-state index contributed by atoms with van der Waals surface area (Å²) in [6.45, 7) is 4.77. The minimum Gasteiger partial charge on any atom is -0.378 e. The first-order valence-electron chi connectivity index (χ1n) is 11.2. The third kappa shape index (κ3) is 5.31.